The maximum Gasteiger partial charge on any atom is 0.0690 e. The molecule has 0 spiro atoms. The van der Waals surface area contributed by atoms with Crippen molar-refractivity contribution in [1.82, 2.24) is 15.4 Å². The number of aromatic nitrogens is 3. The van der Waals surface area contributed by atoms with E-state index >= 15 is 0 Å². The summed E-state index contributed by atoms with van der Waals surface area (Å²) < 4.78 is 0. The molecule has 1 heterocycles. The summed E-state index contributed by atoms with van der Waals surface area (Å²) >= 11 is 0. The van der Waals surface area contributed by atoms with Crippen LogP contribution in [-0.2, 0) is 0 Å². The first-order valence-electron chi connectivity index (χ1n) is 6.20. The highest BCUT2D eigenvalue weighted by Gasteiger charge is 2.41. The molecule has 15 heavy (non-hydrogen) atoms. The molecule has 0 amide bonds. The van der Waals surface area contributed by atoms with Crippen LogP contribution in [0.4, 0.5) is 0 Å². The Morgan fingerprint density at radius 2 is 1.00 bits per heavy atom. The van der Waals surface area contributed by atoms with Gasteiger partial charge in [0.1, 0.15) is 0 Å². The zero-order chi connectivity index (χ0) is 10.1. The number of H-pyrrole nitrogens is 1. The van der Waals surface area contributed by atoms with Crippen LogP contribution in [0.1, 0.15) is 38.5 Å². The van der Waals surface area contributed by atoms with Crippen LogP contribution >= 0.6 is 0 Å². The molecule has 1 aromatic rings. The maximum atomic E-state index is 3.49. The van der Waals surface area contributed by atoms with E-state index in [2.05, 4.69) is 15.4 Å². The van der Waals surface area contributed by atoms with Crippen molar-refractivity contribution in [2.75, 3.05) is 0 Å². The van der Waals surface area contributed by atoms with E-state index in [0.29, 0.717) is 0 Å². The van der Waals surface area contributed by atoms with Crippen molar-refractivity contribution < 1.29 is 0 Å². The van der Waals surface area contributed by atoms with Crippen LogP contribution in [0.3, 0.4) is 0 Å². The number of nitrogens with one attached hydrogen (secondary N) is 1. The minimum atomic E-state index is 1.18. The minimum Gasteiger partial charge on any atom is -0.198 e. The Hall–Kier alpha value is -0.860. The molecular weight excluding hydrogens is 186 g/mol. The van der Waals surface area contributed by atoms with Gasteiger partial charge in [0.15, 0.2) is 0 Å². The van der Waals surface area contributed by atoms with Crippen molar-refractivity contribution in [3.63, 3.8) is 0 Å². The Kier molecular flexibility index (Phi) is 2.47. The lowest BCUT2D eigenvalue weighted by Crippen LogP contribution is -2.38. The lowest BCUT2D eigenvalue weighted by Gasteiger charge is -2.49. The second kappa shape index (κ2) is 3.95. The second-order valence-electron chi connectivity index (χ2n) is 5.53. The molecule has 4 aliphatic rings. The lowest BCUT2D eigenvalue weighted by molar-refractivity contribution is 0.0198. The number of hydrogen-bond donors (Lipinski definition) is 1. The Labute approximate surface area is 90.7 Å². The molecule has 0 aliphatic heterocycles. The van der Waals surface area contributed by atoms with Gasteiger partial charge < -0.3 is 0 Å². The Morgan fingerprint density at radius 1 is 0.667 bits per heavy atom. The predicted molar refractivity (Wildman–Crippen MR) is 58.0 cm³/mol. The van der Waals surface area contributed by atoms with Gasteiger partial charge in [-0.15, -0.1) is 0 Å². The zero-order valence-electron chi connectivity index (χ0n) is 9.10. The van der Waals surface area contributed by atoms with Gasteiger partial charge in [0.2, 0.25) is 0 Å². The smallest absolute Gasteiger partial charge is 0.0690 e. The second-order valence-corrected chi connectivity index (χ2v) is 5.53. The molecule has 4 saturated carbocycles. The Morgan fingerprint density at radius 3 is 1.20 bits per heavy atom. The number of aromatic amines is 1. The van der Waals surface area contributed by atoms with Crippen LogP contribution in [0, 0.1) is 23.7 Å². The first-order valence-corrected chi connectivity index (χ1v) is 6.20. The topological polar surface area (TPSA) is 41.6 Å². The first kappa shape index (κ1) is 9.37. The van der Waals surface area contributed by atoms with Crippen LogP contribution in [0.2, 0.25) is 0 Å². The van der Waals surface area contributed by atoms with Gasteiger partial charge in [0, 0.05) is 0 Å². The summed E-state index contributed by atoms with van der Waals surface area (Å²) in [6, 6.07) is 0. The van der Waals surface area contributed by atoms with E-state index < -0.39 is 0 Å². The molecule has 0 saturated heterocycles. The average molecular weight is 205 g/mol. The highest BCUT2D eigenvalue weighted by Crippen LogP contribution is 2.53. The van der Waals surface area contributed by atoms with E-state index in [1.54, 1.807) is 50.9 Å². The van der Waals surface area contributed by atoms with Crippen molar-refractivity contribution in [2.24, 2.45) is 23.7 Å². The summed E-state index contributed by atoms with van der Waals surface area (Å²) in [7, 11) is 0. The molecule has 82 valence electrons. The molecule has 1 N–H and O–H groups in total. The van der Waals surface area contributed by atoms with Gasteiger partial charge in [-0.1, -0.05) is 0 Å². The molecule has 0 unspecified atom stereocenters. The van der Waals surface area contributed by atoms with Gasteiger partial charge >= 0.3 is 0 Å². The monoisotopic (exact) mass is 205 g/mol. The van der Waals surface area contributed by atoms with Crippen LogP contribution in [0.15, 0.2) is 12.4 Å². The molecule has 0 aromatic carbocycles. The van der Waals surface area contributed by atoms with Crippen molar-refractivity contribution in [1.29, 1.82) is 0 Å². The quantitative estimate of drug-likeness (QED) is 0.707. The zero-order valence-corrected chi connectivity index (χ0v) is 9.10. The van der Waals surface area contributed by atoms with E-state index in [9.17, 15) is 0 Å². The van der Waals surface area contributed by atoms with E-state index in [1.165, 1.54) is 23.7 Å². The van der Waals surface area contributed by atoms with E-state index in [0.717, 1.165) is 0 Å². The first-order chi connectivity index (χ1) is 7.40. The predicted octanol–water partition coefficient (Wildman–Crippen LogP) is 2.64. The van der Waals surface area contributed by atoms with Gasteiger partial charge in [0.05, 0.1) is 12.4 Å². The number of hydrogen-bond acceptors (Lipinski definition) is 2. The summed E-state index contributed by atoms with van der Waals surface area (Å²) in [4.78, 5) is 0. The van der Waals surface area contributed by atoms with Gasteiger partial charge in [-0.05, 0) is 62.2 Å². The van der Waals surface area contributed by atoms with E-state index in [4.69, 9.17) is 0 Å². The largest absolute Gasteiger partial charge is 0.198 e. The highest BCUT2D eigenvalue weighted by molar-refractivity contribution is 4.92. The third-order valence-corrected chi connectivity index (χ3v) is 4.33. The van der Waals surface area contributed by atoms with Crippen LogP contribution < -0.4 is 0 Å². The molecule has 3 heteroatoms. The summed E-state index contributed by atoms with van der Waals surface area (Å²) in [6.07, 6.45) is 12.8. The van der Waals surface area contributed by atoms with Crippen molar-refractivity contribution in [2.45, 2.75) is 38.5 Å². The van der Waals surface area contributed by atoms with Gasteiger partial charge in [-0.3, -0.25) is 0 Å². The Bertz CT molecular complexity index is 220. The number of nitrogens with zero attached hydrogens (tertiary/aromatic N) is 2. The fourth-order valence-corrected chi connectivity index (χ4v) is 4.15. The summed E-state index contributed by atoms with van der Waals surface area (Å²) in [6.45, 7) is 0. The third kappa shape index (κ3) is 2.06. The SMILES string of the molecule is C1C2CC3CC1CC(C2)C3.c1cn[nH]n1. The number of rotatable bonds is 0. The molecule has 4 fully saturated rings. The average Bonchev–Trinajstić information content (AvgIpc) is 2.72. The Balaban J connectivity index is 0.000000123. The van der Waals surface area contributed by atoms with Crippen molar-refractivity contribution in [3.05, 3.63) is 12.4 Å². The van der Waals surface area contributed by atoms with Gasteiger partial charge in [-0.25, -0.2) is 0 Å². The normalized spacial score (nSPS) is 41.1. The van der Waals surface area contributed by atoms with Crippen molar-refractivity contribution in [3.8, 4) is 0 Å². The van der Waals surface area contributed by atoms with Crippen LogP contribution in [0.5, 0.6) is 0 Å². The molecule has 0 radical (unpaired) electrons. The molecule has 1 aromatic heterocycles. The molecular formula is C12H19N3. The van der Waals surface area contributed by atoms with Crippen LogP contribution in [0.25, 0.3) is 0 Å². The lowest BCUT2D eigenvalue weighted by atomic mass is 9.56. The van der Waals surface area contributed by atoms with Gasteiger partial charge in [0.25, 0.3) is 0 Å². The summed E-state index contributed by atoms with van der Waals surface area (Å²) in [5.41, 5.74) is 0. The summed E-state index contributed by atoms with van der Waals surface area (Å²) in [5.74, 6) is 4.71. The van der Waals surface area contributed by atoms with Crippen molar-refractivity contribution >= 4 is 0 Å². The van der Waals surface area contributed by atoms with Crippen LogP contribution in [-0.4, -0.2) is 15.4 Å². The molecule has 0 atom stereocenters. The summed E-state index contributed by atoms with van der Waals surface area (Å²) in [5, 5.41) is 9.33. The highest BCUT2D eigenvalue weighted by atomic mass is 15.3. The molecule has 4 aliphatic carbocycles. The van der Waals surface area contributed by atoms with E-state index in [1.807, 2.05) is 0 Å². The molecule has 4 bridgehead atoms. The fraction of sp³-hybridized carbons (Fsp3) is 0.833. The maximum absolute atomic E-state index is 3.49. The molecule has 5 rings (SSSR count). The minimum absolute atomic E-state index is 1.18. The standard InChI is InChI=1S/C10H16.C2H3N3/c1-7-2-9-4-8(1)5-10(3-7)6-9;1-2-4-5-3-1/h7-10H,1-6H2;1-2H,(H,3,4,5). The fourth-order valence-electron chi connectivity index (χ4n) is 4.15. The third-order valence-electron chi connectivity index (χ3n) is 4.33. The van der Waals surface area contributed by atoms with Gasteiger partial charge in [-0.2, -0.15) is 15.4 Å². The molecule has 3 nitrogen and oxygen atoms in total. The van der Waals surface area contributed by atoms with E-state index in [-0.39, 0.29) is 0 Å².